The normalized spacial score (nSPS) is 12.4. The van der Waals surface area contributed by atoms with E-state index in [4.69, 9.17) is 4.42 Å². The second-order valence-electron chi connectivity index (χ2n) is 17.3. The standard InChI is InChI=1S/C60H35N3O/c1-7-18-54-42(10-1)48-14-9-15-49-45-29-27-41(35-57(45)63(54)60(48)49)62-53-17-6-3-12-44(53)51-33-38(24-31-56(51)62)37-23-30-55-50(32-37)43-11-2-5-16-52(43)61(55)40-25-20-36(21-26-40)39-22-28-47-46-13-4-8-19-58(46)64-59(47)34-39/h1-35H. The number of aromatic nitrogens is 3. The summed E-state index contributed by atoms with van der Waals surface area (Å²) in [6, 6.07) is 77.8. The maximum absolute atomic E-state index is 6.23. The molecule has 0 aliphatic carbocycles. The van der Waals surface area contributed by atoms with Crippen LogP contribution in [0, 0.1) is 0 Å². The van der Waals surface area contributed by atoms with Crippen molar-refractivity contribution in [3.05, 3.63) is 212 Å². The summed E-state index contributed by atoms with van der Waals surface area (Å²) < 4.78 is 13.5. The largest absolute Gasteiger partial charge is 0.456 e. The van der Waals surface area contributed by atoms with Gasteiger partial charge in [-0.25, -0.2) is 0 Å². The van der Waals surface area contributed by atoms with Crippen LogP contribution in [-0.2, 0) is 0 Å². The second-order valence-corrected chi connectivity index (χ2v) is 17.3. The van der Waals surface area contributed by atoms with E-state index >= 15 is 0 Å². The third kappa shape index (κ3) is 4.56. The number of fused-ring (bicyclic) bond motifs is 15. The van der Waals surface area contributed by atoms with Gasteiger partial charge in [0.1, 0.15) is 11.2 Å². The summed E-state index contributed by atoms with van der Waals surface area (Å²) in [4.78, 5) is 0. The number of rotatable bonds is 4. The van der Waals surface area contributed by atoms with Crippen LogP contribution in [0.3, 0.4) is 0 Å². The van der Waals surface area contributed by atoms with Crippen molar-refractivity contribution in [2.75, 3.05) is 0 Å². The zero-order valence-electron chi connectivity index (χ0n) is 34.5. The van der Waals surface area contributed by atoms with Crippen LogP contribution in [0.5, 0.6) is 0 Å². The van der Waals surface area contributed by atoms with Gasteiger partial charge < -0.3 is 18.0 Å². The fraction of sp³-hybridized carbons (Fsp3) is 0. The fourth-order valence-electron chi connectivity index (χ4n) is 11.1. The van der Waals surface area contributed by atoms with Gasteiger partial charge in [-0.2, -0.15) is 0 Å². The molecule has 296 valence electrons. The minimum atomic E-state index is 0.911. The molecule has 0 atom stereocenters. The Morgan fingerprint density at radius 1 is 0.250 bits per heavy atom. The third-order valence-electron chi connectivity index (χ3n) is 14.0. The van der Waals surface area contributed by atoms with Crippen molar-refractivity contribution in [1.29, 1.82) is 0 Å². The number of hydrogen-bond donors (Lipinski definition) is 0. The highest BCUT2D eigenvalue weighted by Crippen LogP contribution is 2.42. The van der Waals surface area contributed by atoms with Crippen molar-refractivity contribution in [3.63, 3.8) is 0 Å². The zero-order valence-corrected chi connectivity index (χ0v) is 34.5. The van der Waals surface area contributed by atoms with Crippen molar-refractivity contribution in [1.82, 2.24) is 13.5 Å². The monoisotopic (exact) mass is 813 g/mol. The highest BCUT2D eigenvalue weighted by atomic mass is 16.3. The van der Waals surface area contributed by atoms with Gasteiger partial charge in [0.05, 0.1) is 38.6 Å². The summed E-state index contributed by atoms with van der Waals surface area (Å²) in [7, 11) is 0. The number of benzene rings is 10. The summed E-state index contributed by atoms with van der Waals surface area (Å²) in [6.07, 6.45) is 0. The molecule has 0 aliphatic heterocycles. The lowest BCUT2D eigenvalue weighted by Crippen LogP contribution is -1.94. The first-order valence-corrected chi connectivity index (χ1v) is 22.0. The number of hydrogen-bond acceptors (Lipinski definition) is 1. The Hall–Kier alpha value is -8.60. The van der Waals surface area contributed by atoms with E-state index < -0.39 is 0 Å². The molecule has 0 N–H and O–H groups in total. The van der Waals surface area contributed by atoms with Gasteiger partial charge in [-0.1, -0.05) is 127 Å². The van der Waals surface area contributed by atoms with Gasteiger partial charge >= 0.3 is 0 Å². The van der Waals surface area contributed by atoms with E-state index in [0.29, 0.717) is 0 Å². The first-order chi connectivity index (χ1) is 31.7. The third-order valence-corrected chi connectivity index (χ3v) is 14.0. The van der Waals surface area contributed by atoms with Gasteiger partial charge in [0.2, 0.25) is 0 Å². The molecule has 64 heavy (non-hydrogen) atoms. The van der Waals surface area contributed by atoms with Gasteiger partial charge in [-0.05, 0) is 107 Å². The summed E-state index contributed by atoms with van der Waals surface area (Å²) in [5.41, 5.74) is 17.4. The Labute approximate surface area is 366 Å². The van der Waals surface area contributed by atoms with Crippen LogP contribution >= 0.6 is 0 Å². The first kappa shape index (κ1) is 34.0. The molecule has 0 fully saturated rings. The predicted molar refractivity (Wildman–Crippen MR) is 268 cm³/mol. The molecule has 0 saturated heterocycles. The maximum atomic E-state index is 6.23. The van der Waals surface area contributed by atoms with Crippen molar-refractivity contribution in [2.45, 2.75) is 0 Å². The lowest BCUT2D eigenvalue weighted by atomic mass is 10.0. The molecule has 4 nitrogen and oxygen atoms in total. The van der Waals surface area contributed by atoms with E-state index in [9.17, 15) is 0 Å². The highest BCUT2D eigenvalue weighted by molar-refractivity contribution is 6.23. The molecule has 10 aromatic carbocycles. The Morgan fingerprint density at radius 3 is 1.39 bits per heavy atom. The molecule has 0 aliphatic rings. The number of nitrogens with zero attached hydrogens (tertiary/aromatic N) is 3. The Kier molecular flexibility index (Phi) is 6.65. The number of furan rings is 1. The van der Waals surface area contributed by atoms with Crippen LogP contribution in [0.2, 0.25) is 0 Å². The van der Waals surface area contributed by atoms with E-state index in [2.05, 4.69) is 214 Å². The van der Waals surface area contributed by atoms with Gasteiger partial charge in [-0.3, -0.25) is 0 Å². The minimum Gasteiger partial charge on any atom is -0.456 e. The molecular formula is C60H35N3O. The van der Waals surface area contributed by atoms with E-state index in [1.165, 1.54) is 92.8 Å². The average molecular weight is 814 g/mol. The summed E-state index contributed by atoms with van der Waals surface area (Å²) in [5, 5.41) is 12.4. The van der Waals surface area contributed by atoms with Gasteiger partial charge in [0, 0.05) is 65.2 Å². The molecule has 15 aromatic rings. The van der Waals surface area contributed by atoms with Gasteiger partial charge in [0.15, 0.2) is 0 Å². The molecular weight excluding hydrogens is 779 g/mol. The summed E-state index contributed by atoms with van der Waals surface area (Å²) in [6.45, 7) is 0. The van der Waals surface area contributed by atoms with E-state index in [1.54, 1.807) is 0 Å². The molecule has 0 radical (unpaired) electrons. The lowest BCUT2D eigenvalue weighted by Gasteiger charge is -2.10. The van der Waals surface area contributed by atoms with Gasteiger partial charge in [0.25, 0.3) is 0 Å². The Balaban J connectivity index is 0.844. The van der Waals surface area contributed by atoms with Gasteiger partial charge in [-0.15, -0.1) is 0 Å². The average Bonchev–Trinajstić information content (AvgIpc) is 4.15. The zero-order chi connectivity index (χ0) is 41.6. The van der Waals surface area contributed by atoms with Crippen LogP contribution < -0.4 is 0 Å². The quantitative estimate of drug-likeness (QED) is 0.174. The van der Waals surface area contributed by atoms with Crippen LogP contribution in [0.4, 0.5) is 0 Å². The molecule has 5 aromatic heterocycles. The molecule has 0 bridgehead atoms. The lowest BCUT2D eigenvalue weighted by molar-refractivity contribution is 0.669. The SMILES string of the molecule is c1ccc2c(c1)oc1cc(-c3ccc(-n4c5ccccc5c5cc(-c6ccc7c(c6)c6ccccc6n7-c6ccc7c8cccc9c%10ccccc%10n(c7c6)c98)ccc54)cc3)ccc12. The predicted octanol–water partition coefficient (Wildman–Crippen LogP) is 16.3. The smallest absolute Gasteiger partial charge is 0.136 e. The van der Waals surface area contributed by atoms with Crippen LogP contribution in [0.15, 0.2) is 217 Å². The first-order valence-electron chi connectivity index (χ1n) is 22.0. The minimum absolute atomic E-state index is 0.911. The molecule has 0 saturated carbocycles. The van der Waals surface area contributed by atoms with Crippen molar-refractivity contribution < 1.29 is 4.42 Å². The second kappa shape index (κ2) is 12.5. The van der Waals surface area contributed by atoms with Crippen molar-refractivity contribution in [2.24, 2.45) is 0 Å². The molecule has 5 heterocycles. The van der Waals surface area contributed by atoms with Crippen molar-refractivity contribution >= 4 is 104 Å². The molecule has 0 amide bonds. The Morgan fingerprint density at radius 2 is 0.703 bits per heavy atom. The van der Waals surface area contributed by atoms with Crippen LogP contribution in [-0.4, -0.2) is 13.5 Å². The Bertz CT molecular complexity index is 4420. The van der Waals surface area contributed by atoms with Crippen molar-refractivity contribution in [3.8, 4) is 33.6 Å². The molecule has 0 unspecified atom stereocenters. The summed E-state index contributed by atoms with van der Waals surface area (Å²) >= 11 is 0. The maximum Gasteiger partial charge on any atom is 0.136 e. The van der Waals surface area contributed by atoms with E-state index in [0.717, 1.165) is 44.4 Å². The molecule has 0 spiro atoms. The highest BCUT2D eigenvalue weighted by Gasteiger charge is 2.20. The van der Waals surface area contributed by atoms with E-state index in [-0.39, 0.29) is 0 Å². The van der Waals surface area contributed by atoms with Crippen LogP contribution in [0.25, 0.3) is 137 Å². The topological polar surface area (TPSA) is 27.4 Å². The fourth-order valence-corrected chi connectivity index (χ4v) is 11.1. The van der Waals surface area contributed by atoms with E-state index in [1.807, 2.05) is 12.1 Å². The molecule has 15 rings (SSSR count). The molecule has 4 heteroatoms. The summed E-state index contributed by atoms with van der Waals surface area (Å²) in [5.74, 6) is 0. The van der Waals surface area contributed by atoms with Crippen LogP contribution in [0.1, 0.15) is 0 Å². The number of para-hydroxylation sites is 5.